The molecule has 9 nitrogen and oxygen atoms in total. The summed E-state index contributed by atoms with van der Waals surface area (Å²) in [4.78, 5) is 54.6. The number of epoxide rings is 1. The Morgan fingerprint density at radius 3 is 2.26 bits per heavy atom. The van der Waals surface area contributed by atoms with Gasteiger partial charge < -0.3 is 4.74 Å². The van der Waals surface area contributed by atoms with Crippen LogP contribution in [0, 0.1) is 0 Å². The van der Waals surface area contributed by atoms with Gasteiger partial charge in [0.1, 0.15) is 6.61 Å². The molecule has 0 aromatic heterocycles. The van der Waals surface area contributed by atoms with Crippen molar-refractivity contribution in [2.45, 2.75) is 31.4 Å². The average molecular weight is 270 g/mol. The van der Waals surface area contributed by atoms with Crippen molar-refractivity contribution in [2.75, 3.05) is 6.61 Å². The maximum Gasteiger partial charge on any atom is 0.559 e. The maximum atomic E-state index is 11.5. The molecule has 1 spiro atoms. The van der Waals surface area contributed by atoms with E-state index in [0.717, 1.165) is 5.06 Å². The summed E-state index contributed by atoms with van der Waals surface area (Å²) in [5, 5.41) is 1.16. The molecule has 3 aliphatic rings. The first-order valence-corrected chi connectivity index (χ1v) is 5.74. The Morgan fingerprint density at radius 1 is 1.05 bits per heavy atom. The highest BCUT2D eigenvalue weighted by atomic mass is 16.9. The second-order valence-corrected chi connectivity index (χ2v) is 4.44. The van der Waals surface area contributed by atoms with Crippen molar-refractivity contribution >= 4 is 23.9 Å². The monoisotopic (exact) mass is 270 g/mol. The zero-order valence-electron chi connectivity index (χ0n) is 9.79. The summed E-state index contributed by atoms with van der Waals surface area (Å²) in [6.07, 6.45) is -0.701. The number of hydrogen-bond donors (Lipinski definition) is 0. The van der Waals surface area contributed by atoms with E-state index in [1.165, 1.54) is 0 Å². The molecule has 1 atom stereocenters. The highest BCUT2D eigenvalue weighted by Crippen LogP contribution is 2.42. The standard InChI is InChI=1S/C10H10N2O7/c13-6-1-2-7(14)11(6)18-9(16)19-12-8(15)3-4-10(12)5-17-10/h1-5H2. The molecule has 1 unspecified atom stereocenters. The first kappa shape index (κ1) is 11.9. The second-order valence-electron chi connectivity index (χ2n) is 4.44. The number of imide groups is 1. The number of hydroxylamine groups is 4. The fourth-order valence-corrected chi connectivity index (χ4v) is 2.04. The maximum absolute atomic E-state index is 11.5. The summed E-state index contributed by atoms with van der Waals surface area (Å²) < 4.78 is 5.08. The molecule has 3 amide bonds. The van der Waals surface area contributed by atoms with E-state index in [2.05, 4.69) is 4.84 Å². The molecule has 0 aromatic rings. The van der Waals surface area contributed by atoms with Crippen LogP contribution in [0.3, 0.4) is 0 Å². The lowest BCUT2D eigenvalue weighted by Gasteiger charge is -2.20. The zero-order valence-corrected chi connectivity index (χ0v) is 9.79. The molecule has 0 bridgehead atoms. The summed E-state index contributed by atoms with van der Waals surface area (Å²) >= 11 is 0. The molecule has 0 saturated carbocycles. The third-order valence-corrected chi connectivity index (χ3v) is 3.14. The summed E-state index contributed by atoms with van der Waals surface area (Å²) in [6, 6.07) is 0. The molecule has 19 heavy (non-hydrogen) atoms. The predicted octanol–water partition coefficient (Wildman–Crippen LogP) is -0.533. The third kappa shape index (κ3) is 1.91. The van der Waals surface area contributed by atoms with Gasteiger partial charge in [-0.05, 0) is 0 Å². The smallest absolute Gasteiger partial charge is 0.345 e. The second kappa shape index (κ2) is 3.92. The summed E-state index contributed by atoms with van der Waals surface area (Å²) in [6.45, 7) is 0.285. The minimum Gasteiger partial charge on any atom is -0.345 e. The normalized spacial score (nSPS) is 29.4. The molecule has 3 rings (SSSR count). The Bertz CT molecular complexity index is 468. The lowest BCUT2D eigenvalue weighted by molar-refractivity contribution is -0.211. The van der Waals surface area contributed by atoms with E-state index >= 15 is 0 Å². The fraction of sp³-hybridized carbons (Fsp3) is 0.600. The van der Waals surface area contributed by atoms with Crippen LogP contribution in [-0.2, 0) is 28.8 Å². The minimum absolute atomic E-state index is 0.0121. The van der Waals surface area contributed by atoms with Crippen molar-refractivity contribution in [3.63, 3.8) is 0 Å². The molecule has 3 heterocycles. The average Bonchev–Trinajstić information content (AvgIpc) is 3.03. The quantitative estimate of drug-likeness (QED) is 0.490. The molecule has 3 fully saturated rings. The lowest BCUT2D eigenvalue weighted by Crippen LogP contribution is -2.40. The Labute approximate surface area is 106 Å². The number of carbonyl (C=O) groups is 4. The van der Waals surface area contributed by atoms with Crippen LogP contribution in [0.25, 0.3) is 0 Å². The van der Waals surface area contributed by atoms with E-state index in [1.54, 1.807) is 0 Å². The molecular weight excluding hydrogens is 260 g/mol. The van der Waals surface area contributed by atoms with Gasteiger partial charge in [0.15, 0.2) is 0 Å². The van der Waals surface area contributed by atoms with E-state index in [4.69, 9.17) is 9.57 Å². The molecule has 9 heteroatoms. The van der Waals surface area contributed by atoms with Gasteiger partial charge in [-0.25, -0.2) is 0 Å². The number of rotatable bonds is 2. The highest BCUT2D eigenvalue weighted by molar-refractivity contribution is 6.01. The van der Waals surface area contributed by atoms with Crippen molar-refractivity contribution in [3.8, 4) is 0 Å². The SMILES string of the molecule is O=C(ON1C(=O)CCC1=O)ON1C(=O)CCC12CO2. The van der Waals surface area contributed by atoms with Crippen LogP contribution in [0.5, 0.6) is 0 Å². The third-order valence-electron chi connectivity index (χ3n) is 3.14. The first-order chi connectivity index (χ1) is 9.02. The molecule has 102 valence electrons. The van der Waals surface area contributed by atoms with E-state index < -0.39 is 29.6 Å². The van der Waals surface area contributed by atoms with Crippen molar-refractivity contribution in [3.05, 3.63) is 0 Å². The van der Waals surface area contributed by atoms with Gasteiger partial charge in [-0.1, -0.05) is 5.06 Å². The Hall–Kier alpha value is -2.16. The minimum atomic E-state index is -1.31. The van der Waals surface area contributed by atoms with Crippen molar-refractivity contribution in [1.29, 1.82) is 0 Å². The molecular formula is C10H10N2O7. The van der Waals surface area contributed by atoms with Gasteiger partial charge in [0.25, 0.3) is 17.7 Å². The van der Waals surface area contributed by atoms with Gasteiger partial charge in [-0.15, -0.1) is 5.06 Å². The van der Waals surface area contributed by atoms with Crippen LogP contribution in [-0.4, -0.2) is 46.3 Å². The van der Waals surface area contributed by atoms with Gasteiger partial charge in [0, 0.05) is 25.7 Å². The van der Waals surface area contributed by atoms with Gasteiger partial charge in [0.05, 0.1) is 0 Å². The molecule has 3 aliphatic heterocycles. The molecule has 0 aromatic carbocycles. The summed E-state index contributed by atoms with van der Waals surface area (Å²) in [5.41, 5.74) is -0.880. The predicted molar refractivity (Wildman–Crippen MR) is 53.4 cm³/mol. The number of hydrogen-bond acceptors (Lipinski definition) is 7. The van der Waals surface area contributed by atoms with E-state index in [1.807, 2.05) is 0 Å². The number of amides is 3. The Morgan fingerprint density at radius 2 is 1.68 bits per heavy atom. The van der Waals surface area contributed by atoms with Crippen LogP contribution < -0.4 is 0 Å². The number of nitrogens with zero attached hydrogens (tertiary/aromatic N) is 2. The lowest BCUT2D eigenvalue weighted by atomic mass is 10.2. The van der Waals surface area contributed by atoms with E-state index in [-0.39, 0.29) is 25.9 Å². The van der Waals surface area contributed by atoms with Crippen LogP contribution in [0.4, 0.5) is 4.79 Å². The number of ether oxygens (including phenoxy) is 1. The topological polar surface area (TPSA) is 106 Å². The largest absolute Gasteiger partial charge is 0.559 e. The Kier molecular flexibility index (Phi) is 2.45. The first-order valence-electron chi connectivity index (χ1n) is 5.74. The van der Waals surface area contributed by atoms with E-state index in [9.17, 15) is 19.2 Å². The van der Waals surface area contributed by atoms with Gasteiger partial charge >= 0.3 is 6.16 Å². The zero-order chi connectivity index (χ0) is 13.6. The molecule has 3 saturated heterocycles. The van der Waals surface area contributed by atoms with Gasteiger partial charge in [0.2, 0.25) is 5.72 Å². The van der Waals surface area contributed by atoms with Gasteiger partial charge in [-0.2, -0.15) is 4.79 Å². The molecule has 0 aliphatic carbocycles. The van der Waals surface area contributed by atoms with Crippen molar-refractivity contribution < 1.29 is 33.6 Å². The van der Waals surface area contributed by atoms with Crippen molar-refractivity contribution in [2.24, 2.45) is 0 Å². The van der Waals surface area contributed by atoms with Crippen molar-refractivity contribution in [1.82, 2.24) is 10.1 Å². The van der Waals surface area contributed by atoms with E-state index in [0.29, 0.717) is 11.5 Å². The van der Waals surface area contributed by atoms with Crippen LogP contribution >= 0.6 is 0 Å². The fourth-order valence-electron chi connectivity index (χ4n) is 2.04. The van der Waals surface area contributed by atoms with Crippen LogP contribution in [0.15, 0.2) is 0 Å². The molecule has 0 radical (unpaired) electrons. The number of carbonyl (C=O) groups excluding carboxylic acids is 4. The molecule has 0 N–H and O–H groups in total. The summed E-state index contributed by atoms with van der Waals surface area (Å²) in [5.74, 6) is -1.65. The highest BCUT2D eigenvalue weighted by Gasteiger charge is 2.59. The Balaban J connectivity index is 1.61. The van der Waals surface area contributed by atoms with Crippen LogP contribution in [0.2, 0.25) is 0 Å². The summed E-state index contributed by atoms with van der Waals surface area (Å²) in [7, 11) is 0. The van der Waals surface area contributed by atoms with Crippen LogP contribution in [0.1, 0.15) is 25.7 Å². The van der Waals surface area contributed by atoms with Gasteiger partial charge in [-0.3, -0.25) is 24.1 Å².